The highest BCUT2D eigenvalue weighted by Gasteiger charge is 2.41. The number of benzene rings is 3. The monoisotopic (exact) mass is 542 g/mol. The first-order chi connectivity index (χ1) is 18.6. The summed E-state index contributed by atoms with van der Waals surface area (Å²) in [6, 6.07) is 29.1. The molecule has 0 saturated heterocycles. The highest BCUT2D eigenvalue weighted by molar-refractivity contribution is 7.47. The Labute approximate surface area is 227 Å². The second kappa shape index (κ2) is 17.4. The molecule has 0 aliphatic heterocycles. The lowest BCUT2D eigenvalue weighted by molar-refractivity contribution is -0.165. The van der Waals surface area contributed by atoms with Crippen molar-refractivity contribution in [3.05, 3.63) is 108 Å². The molecule has 0 bridgehead atoms. The van der Waals surface area contributed by atoms with E-state index in [0.717, 1.165) is 16.7 Å². The van der Waals surface area contributed by atoms with Gasteiger partial charge >= 0.3 is 0 Å². The normalized spacial score (nSPS) is 14.8. The van der Waals surface area contributed by atoms with Gasteiger partial charge in [0.05, 0.1) is 39.6 Å². The van der Waals surface area contributed by atoms with Gasteiger partial charge in [0, 0.05) is 0 Å². The highest BCUT2D eigenvalue weighted by Crippen LogP contribution is 2.45. The van der Waals surface area contributed by atoms with E-state index in [1.807, 2.05) is 105 Å². The van der Waals surface area contributed by atoms with Gasteiger partial charge in [-0.2, -0.15) is 0 Å². The summed E-state index contributed by atoms with van der Waals surface area (Å²) in [5.74, 6) is -1.17. The molecule has 0 spiro atoms. The van der Waals surface area contributed by atoms with E-state index in [4.69, 9.17) is 23.3 Å². The van der Waals surface area contributed by atoms with Crippen molar-refractivity contribution in [2.24, 2.45) is 0 Å². The molecule has 0 heterocycles. The zero-order chi connectivity index (χ0) is 27.0. The van der Waals surface area contributed by atoms with Crippen LogP contribution in [0.2, 0.25) is 0 Å². The minimum atomic E-state index is -1.71. The zero-order valence-electron chi connectivity index (χ0n) is 22.1. The maximum Gasteiger partial charge on any atom is 0.204 e. The van der Waals surface area contributed by atoms with Crippen LogP contribution in [0.4, 0.5) is 0 Å². The SMILES string of the molecule is CCOP(OCC)[C@H](O)[C@@H](OCc1ccccc1)[C@H](OCc1ccccc1)[C@H](O)COCc1ccccc1. The van der Waals surface area contributed by atoms with Crippen LogP contribution < -0.4 is 0 Å². The minimum absolute atomic E-state index is 0.00648. The Balaban J connectivity index is 1.81. The van der Waals surface area contributed by atoms with Crippen molar-refractivity contribution in [1.29, 1.82) is 0 Å². The average Bonchev–Trinajstić information content (AvgIpc) is 2.96. The third-order valence-electron chi connectivity index (χ3n) is 5.70. The largest absolute Gasteiger partial charge is 0.388 e. The molecule has 7 nitrogen and oxygen atoms in total. The van der Waals surface area contributed by atoms with Crippen LogP contribution in [0.15, 0.2) is 91.0 Å². The maximum absolute atomic E-state index is 11.5. The number of hydrogen-bond donors (Lipinski definition) is 2. The predicted molar refractivity (Wildman–Crippen MR) is 148 cm³/mol. The molecule has 3 aromatic carbocycles. The Bertz CT molecular complexity index is 987. The van der Waals surface area contributed by atoms with E-state index >= 15 is 0 Å². The Morgan fingerprint density at radius 3 is 1.47 bits per heavy atom. The molecule has 0 unspecified atom stereocenters. The fourth-order valence-corrected chi connectivity index (χ4v) is 5.22. The van der Waals surface area contributed by atoms with E-state index in [1.165, 1.54) is 0 Å². The van der Waals surface area contributed by atoms with Crippen LogP contribution in [0.5, 0.6) is 0 Å². The second-order valence-electron chi connectivity index (χ2n) is 8.63. The van der Waals surface area contributed by atoms with Gasteiger partial charge in [-0.1, -0.05) is 91.0 Å². The molecular formula is C30H39O7P. The molecule has 0 aliphatic rings. The van der Waals surface area contributed by atoms with Crippen molar-refractivity contribution >= 4 is 8.38 Å². The van der Waals surface area contributed by atoms with E-state index in [-0.39, 0.29) is 19.8 Å². The van der Waals surface area contributed by atoms with Gasteiger partial charge in [0.2, 0.25) is 8.38 Å². The molecule has 0 aliphatic carbocycles. The van der Waals surface area contributed by atoms with Crippen LogP contribution in [-0.4, -0.2) is 54.2 Å². The molecular weight excluding hydrogens is 503 g/mol. The Morgan fingerprint density at radius 2 is 1.03 bits per heavy atom. The first-order valence-electron chi connectivity index (χ1n) is 13.0. The summed E-state index contributed by atoms with van der Waals surface area (Å²) in [7, 11) is -1.71. The van der Waals surface area contributed by atoms with Crippen LogP contribution in [0, 0.1) is 0 Å². The van der Waals surface area contributed by atoms with Crippen molar-refractivity contribution < 1.29 is 33.5 Å². The lowest BCUT2D eigenvalue weighted by Gasteiger charge is -2.36. The van der Waals surface area contributed by atoms with Gasteiger partial charge in [-0.25, -0.2) is 0 Å². The third-order valence-corrected chi connectivity index (χ3v) is 7.45. The molecule has 0 saturated carbocycles. The van der Waals surface area contributed by atoms with Crippen molar-refractivity contribution in [3.8, 4) is 0 Å². The summed E-state index contributed by atoms with van der Waals surface area (Å²) >= 11 is 0. The van der Waals surface area contributed by atoms with Crippen LogP contribution in [0.25, 0.3) is 0 Å². The summed E-state index contributed by atoms with van der Waals surface area (Å²) in [4.78, 5) is 0. The highest BCUT2D eigenvalue weighted by atomic mass is 31.2. The van der Waals surface area contributed by atoms with Crippen molar-refractivity contribution in [2.45, 2.75) is 57.8 Å². The Kier molecular flexibility index (Phi) is 13.9. The van der Waals surface area contributed by atoms with Crippen molar-refractivity contribution in [3.63, 3.8) is 0 Å². The maximum atomic E-state index is 11.5. The van der Waals surface area contributed by atoms with E-state index in [1.54, 1.807) is 0 Å². The molecule has 206 valence electrons. The topological polar surface area (TPSA) is 86.6 Å². The summed E-state index contributed by atoms with van der Waals surface area (Å²) in [6.45, 7) is 5.19. The molecule has 38 heavy (non-hydrogen) atoms. The summed E-state index contributed by atoms with van der Waals surface area (Å²) in [6.07, 6.45) is -2.95. The van der Waals surface area contributed by atoms with Crippen molar-refractivity contribution in [1.82, 2.24) is 0 Å². The average molecular weight is 543 g/mol. The third kappa shape index (κ3) is 10.2. The van der Waals surface area contributed by atoms with E-state index in [9.17, 15) is 10.2 Å². The molecule has 2 N–H and O–H groups in total. The van der Waals surface area contributed by atoms with Crippen LogP contribution >= 0.6 is 8.38 Å². The summed E-state index contributed by atoms with van der Waals surface area (Å²) < 4.78 is 29.9. The first kappa shape index (κ1) is 30.4. The molecule has 8 heteroatoms. The fourth-order valence-electron chi connectivity index (χ4n) is 3.84. The van der Waals surface area contributed by atoms with E-state index in [2.05, 4.69) is 0 Å². The van der Waals surface area contributed by atoms with Gasteiger partial charge in [-0.3, -0.25) is 0 Å². The van der Waals surface area contributed by atoms with Crippen molar-refractivity contribution in [2.75, 3.05) is 19.8 Å². The summed E-state index contributed by atoms with van der Waals surface area (Å²) in [5.41, 5.74) is 2.86. The molecule has 3 rings (SSSR count). The molecule has 4 atom stereocenters. The number of ether oxygens (including phenoxy) is 3. The smallest absolute Gasteiger partial charge is 0.204 e. The molecule has 0 amide bonds. The van der Waals surface area contributed by atoms with Crippen LogP contribution in [-0.2, 0) is 43.1 Å². The van der Waals surface area contributed by atoms with Gasteiger partial charge < -0.3 is 33.5 Å². The first-order valence-corrected chi connectivity index (χ1v) is 14.2. The van der Waals surface area contributed by atoms with Crippen LogP contribution in [0.3, 0.4) is 0 Å². The molecule has 0 fully saturated rings. The van der Waals surface area contributed by atoms with E-state index < -0.39 is 32.5 Å². The Morgan fingerprint density at radius 1 is 0.605 bits per heavy atom. The quantitative estimate of drug-likeness (QED) is 0.207. The number of aliphatic hydroxyl groups is 2. The number of hydrogen-bond acceptors (Lipinski definition) is 7. The van der Waals surface area contributed by atoms with Gasteiger partial charge in [0.1, 0.15) is 18.3 Å². The van der Waals surface area contributed by atoms with Gasteiger partial charge in [-0.05, 0) is 30.5 Å². The van der Waals surface area contributed by atoms with Gasteiger partial charge in [0.25, 0.3) is 0 Å². The fraction of sp³-hybridized carbons (Fsp3) is 0.400. The van der Waals surface area contributed by atoms with Gasteiger partial charge in [0.15, 0.2) is 5.85 Å². The lowest BCUT2D eigenvalue weighted by Crippen LogP contribution is -2.49. The Hall–Kier alpha value is -2.19. The number of rotatable bonds is 18. The second-order valence-corrected chi connectivity index (χ2v) is 10.2. The van der Waals surface area contributed by atoms with Gasteiger partial charge in [-0.15, -0.1) is 0 Å². The molecule has 3 aromatic rings. The molecule has 0 aromatic heterocycles. The van der Waals surface area contributed by atoms with Crippen LogP contribution in [0.1, 0.15) is 30.5 Å². The van der Waals surface area contributed by atoms with E-state index in [0.29, 0.717) is 19.8 Å². The summed E-state index contributed by atoms with van der Waals surface area (Å²) in [5, 5.41) is 22.8. The lowest BCUT2D eigenvalue weighted by atomic mass is 10.1. The standard InChI is InChI=1S/C30H39O7P/c1-3-36-38(37-4-2)30(32)29(35-22-26-18-12-7-13-19-26)28(34-21-25-16-10-6-11-17-25)27(31)23-33-20-24-14-8-5-9-15-24/h5-19,27-32H,3-4,20-23H2,1-2H3/t27-,28-,29+,30+/m1/s1. The number of aliphatic hydroxyl groups excluding tert-OH is 2. The zero-order valence-corrected chi connectivity index (χ0v) is 23.0. The minimum Gasteiger partial charge on any atom is -0.388 e. The molecule has 0 radical (unpaired) electrons. The predicted octanol–water partition coefficient (Wildman–Crippen LogP) is 5.44.